The zero-order valence-corrected chi connectivity index (χ0v) is 14.1. The molecule has 0 spiro atoms. The first kappa shape index (κ1) is 16.3. The molecule has 2 fully saturated rings. The first-order valence-corrected chi connectivity index (χ1v) is 9.12. The number of ether oxygens (including phenoxy) is 1. The van der Waals surface area contributed by atoms with Gasteiger partial charge in [0.25, 0.3) is 0 Å². The molecule has 2 heterocycles. The standard InChI is InChI=1S/C19H28N2O2/c1-2-3-6-15-8-10-16(11-9-15)19(22)21-13-17(14-21)23-18-7-4-5-12-20-18/h4-5,7,12,15-17H,2-3,6,8-11,13-14H2,1H3. The lowest BCUT2D eigenvalue weighted by Crippen LogP contribution is -2.57. The van der Waals surface area contributed by atoms with E-state index in [0.29, 0.717) is 24.9 Å². The van der Waals surface area contributed by atoms with Crippen molar-refractivity contribution in [2.24, 2.45) is 11.8 Å². The summed E-state index contributed by atoms with van der Waals surface area (Å²) in [6.07, 6.45) is 10.4. The minimum absolute atomic E-state index is 0.106. The van der Waals surface area contributed by atoms with Gasteiger partial charge in [-0.15, -0.1) is 0 Å². The van der Waals surface area contributed by atoms with Crippen molar-refractivity contribution in [1.29, 1.82) is 0 Å². The Morgan fingerprint density at radius 3 is 2.70 bits per heavy atom. The lowest BCUT2D eigenvalue weighted by molar-refractivity contribution is -0.146. The van der Waals surface area contributed by atoms with Gasteiger partial charge in [-0.2, -0.15) is 0 Å². The number of aromatic nitrogens is 1. The SMILES string of the molecule is CCCCC1CCC(C(=O)N2CC(Oc3ccccn3)C2)CC1. The number of hydrogen-bond donors (Lipinski definition) is 0. The summed E-state index contributed by atoms with van der Waals surface area (Å²) in [6.45, 7) is 3.68. The van der Waals surface area contributed by atoms with Crippen LogP contribution >= 0.6 is 0 Å². The zero-order chi connectivity index (χ0) is 16.1. The second-order valence-electron chi connectivity index (χ2n) is 7.01. The normalized spacial score (nSPS) is 25.0. The highest BCUT2D eigenvalue weighted by Gasteiger charge is 2.37. The molecule has 0 aromatic carbocycles. The number of pyridine rings is 1. The molecule has 1 aliphatic carbocycles. The Morgan fingerprint density at radius 1 is 1.26 bits per heavy atom. The van der Waals surface area contributed by atoms with Gasteiger partial charge in [0, 0.05) is 18.2 Å². The number of hydrogen-bond acceptors (Lipinski definition) is 3. The van der Waals surface area contributed by atoms with Gasteiger partial charge in [0.2, 0.25) is 11.8 Å². The molecule has 1 aromatic rings. The Morgan fingerprint density at radius 2 is 2.04 bits per heavy atom. The molecule has 1 amide bonds. The Bertz CT molecular complexity index is 491. The monoisotopic (exact) mass is 316 g/mol. The molecule has 1 aromatic heterocycles. The van der Waals surface area contributed by atoms with Crippen LogP contribution in [0.5, 0.6) is 5.88 Å². The summed E-state index contributed by atoms with van der Waals surface area (Å²) in [4.78, 5) is 18.7. The van der Waals surface area contributed by atoms with Gasteiger partial charge >= 0.3 is 0 Å². The predicted molar refractivity (Wildman–Crippen MR) is 90.2 cm³/mol. The molecular formula is C19H28N2O2. The molecule has 4 heteroatoms. The smallest absolute Gasteiger partial charge is 0.225 e. The van der Waals surface area contributed by atoms with Crippen molar-refractivity contribution in [1.82, 2.24) is 9.88 Å². The first-order valence-electron chi connectivity index (χ1n) is 9.12. The topological polar surface area (TPSA) is 42.4 Å². The van der Waals surface area contributed by atoms with Crippen LogP contribution in [-0.2, 0) is 4.79 Å². The van der Waals surface area contributed by atoms with Crippen molar-refractivity contribution in [3.63, 3.8) is 0 Å². The molecule has 0 bridgehead atoms. The van der Waals surface area contributed by atoms with Gasteiger partial charge in [-0.3, -0.25) is 4.79 Å². The van der Waals surface area contributed by atoms with Crippen LogP contribution in [-0.4, -0.2) is 35.0 Å². The highest BCUT2D eigenvalue weighted by molar-refractivity contribution is 5.79. The molecule has 1 saturated heterocycles. The van der Waals surface area contributed by atoms with E-state index in [1.807, 2.05) is 23.1 Å². The maximum atomic E-state index is 12.6. The molecule has 4 nitrogen and oxygen atoms in total. The Balaban J connectivity index is 1.38. The lowest BCUT2D eigenvalue weighted by atomic mass is 9.79. The van der Waals surface area contributed by atoms with Gasteiger partial charge in [0.15, 0.2) is 0 Å². The number of nitrogens with zero attached hydrogens (tertiary/aromatic N) is 2. The highest BCUT2D eigenvalue weighted by Crippen LogP contribution is 2.33. The number of rotatable bonds is 6. The van der Waals surface area contributed by atoms with Crippen LogP contribution in [0, 0.1) is 11.8 Å². The van der Waals surface area contributed by atoms with E-state index in [-0.39, 0.29) is 12.0 Å². The van der Waals surface area contributed by atoms with E-state index >= 15 is 0 Å². The minimum atomic E-state index is 0.106. The average Bonchev–Trinajstić information content (AvgIpc) is 2.57. The van der Waals surface area contributed by atoms with Crippen molar-refractivity contribution in [2.75, 3.05) is 13.1 Å². The van der Waals surface area contributed by atoms with Gasteiger partial charge in [0.05, 0.1) is 13.1 Å². The second-order valence-corrected chi connectivity index (χ2v) is 7.01. The summed E-state index contributed by atoms with van der Waals surface area (Å²) in [7, 11) is 0. The van der Waals surface area contributed by atoms with Gasteiger partial charge in [-0.05, 0) is 37.7 Å². The van der Waals surface area contributed by atoms with Crippen LogP contribution in [0.25, 0.3) is 0 Å². The Hall–Kier alpha value is -1.58. The molecule has 0 N–H and O–H groups in total. The third-order valence-corrected chi connectivity index (χ3v) is 5.25. The van der Waals surface area contributed by atoms with Gasteiger partial charge in [-0.1, -0.05) is 32.3 Å². The van der Waals surface area contributed by atoms with E-state index in [1.165, 1.54) is 32.1 Å². The van der Waals surface area contributed by atoms with E-state index < -0.39 is 0 Å². The third-order valence-electron chi connectivity index (χ3n) is 5.25. The van der Waals surface area contributed by atoms with E-state index in [0.717, 1.165) is 18.8 Å². The molecule has 1 aliphatic heterocycles. The zero-order valence-electron chi connectivity index (χ0n) is 14.1. The van der Waals surface area contributed by atoms with Crippen LogP contribution in [0.2, 0.25) is 0 Å². The van der Waals surface area contributed by atoms with Crippen molar-refractivity contribution >= 4 is 5.91 Å². The fourth-order valence-electron chi connectivity index (χ4n) is 3.73. The summed E-state index contributed by atoms with van der Waals surface area (Å²) in [5.74, 6) is 2.11. The maximum Gasteiger partial charge on any atom is 0.225 e. The molecule has 23 heavy (non-hydrogen) atoms. The van der Waals surface area contributed by atoms with Crippen LogP contribution < -0.4 is 4.74 Å². The van der Waals surface area contributed by atoms with Crippen LogP contribution in [0.1, 0.15) is 51.9 Å². The summed E-state index contributed by atoms with van der Waals surface area (Å²) in [5, 5.41) is 0. The van der Waals surface area contributed by atoms with Crippen molar-refractivity contribution in [2.45, 2.75) is 58.0 Å². The molecule has 3 rings (SSSR count). The molecule has 126 valence electrons. The number of carbonyl (C=O) groups is 1. The Kier molecular flexibility index (Phi) is 5.52. The predicted octanol–water partition coefficient (Wildman–Crippen LogP) is 3.67. The molecule has 0 radical (unpaired) electrons. The van der Waals surface area contributed by atoms with E-state index in [2.05, 4.69) is 11.9 Å². The highest BCUT2D eigenvalue weighted by atomic mass is 16.5. The molecule has 0 unspecified atom stereocenters. The molecule has 1 saturated carbocycles. The largest absolute Gasteiger partial charge is 0.471 e. The second kappa shape index (κ2) is 7.80. The number of carbonyl (C=O) groups excluding carboxylic acids is 1. The van der Waals surface area contributed by atoms with E-state index in [1.54, 1.807) is 6.20 Å². The quantitative estimate of drug-likeness (QED) is 0.804. The number of amides is 1. The first-order chi connectivity index (χ1) is 11.3. The average molecular weight is 316 g/mol. The number of unbranched alkanes of at least 4 members (excludes halogenated alkanes) is 1. The van der Waals surface area contributed by atoms with Crippen LogP contribution in [0.4, 0.5) is 0 Å². The fourth-order valence-corrected chi connectivity index (χ4v) is 3.73. The van der Waals surface area contributed by atoms with Crippen LogP contribution in [0.15, 0.2) is 24.4 Å². The molecule has 2 aliphatic rings. The van der Waals surface area contributed by atoms with Crippen molar-refractivity contribution in [3.05, 3.63) is 24.4 Å². The summed E-state index contributed by atoms with van der Waals surface area (Å²) in [6, 6.07) is 5.66. The molecular weight excluding hydrogens is 288 g/mol. The van der Waals surface area contributed by atoms with Crippen LogP contribution in [0.3, 0.4) is 0 Å². The fraction of sp³-hybridized carbons (Fsp3) is 0.684. The van der Waals surface area contributed by atoms with Gasteiger partial charge < -0.3 is 9.64 Å². The summed E-state index contributed by atoms with van der Waals surface area (Å²) in [5.41, 5.74) is 0. The summed E-state index contributed by atoms with van der Waals surface area (Å²) >= 11 is 0. The third kappa shape index (κ3) is 4.24. The summed E-state index contributed by atoms with van der Waals surface area (Å²) < 4.78 is 5.77. The number of likely N-dealkylation sites (tertiary alicyclic amines) is 1. The Labute approximate surface area is 139 Å². The van der Waals surface area contributed by atoms with Gasteiger partial charge in [0.1, 0.15) is 6.10 Å². The van der Waals surface area contributed by atoms with E-state index in [9.17, 15) is 4.79 Å². The van der Waals surface area contributed by atoms with Crippen molar-refractivity contribution in [3.8, 4) is 5.88 Å². The van der Waals surface area contributed by atoms with Gasteiger partial charge in [-0.25, -0.2) is 4.98 Å². The maximum absolute atomic E-state index is 12.6. The van der Waals surface area contributed by atoms with Crippen molar-refractivity contribution < 1.29 is 9.53 Å². The minimum Gasteiger partial charge on any atom is -0.471 e. The van der Waals surface area contributed by atoms with E-state index in [4.69, 9.17) is 4.74 Å². The lowest BCUT2D eigenvalue weighted by Gasteiger charge is -2.41. The molecule has 0 atom stereocenters.